The van der Waals surface area contributed by atoms with Crippen LogP contribution in [0, 0.1) is 5.92 Å². The molecule has 1 aliphatic carbocycles. The maximum absolute atomic E-state index is 12.7. The quantitative estimate of drug-likeness (QED) is 0.840. The molecule has 2 rings (SSSR count). The monoisotopic (exact) mass is 324 g/mol. The van der Waals surface area contributed by atoms with E-state index in [1.54, 1.807) is 6.07 Å². The fourth-order valence-corrected chi connectivity index (χ4v) is 2.54. The van der Waals surface area contributed by atoms with Crippen molar-refractivity contribution in [3.63, 3.8) is 0 Å². The Morgan fingerprint density at radius 3 is 2.74 bits per heavy atom. The third-order valence-corrected chi connectivity index (χ3v) is 4.34. The summed E-state index contributed by atoms with van der Waals surface area (Å²) in [6, 6.07) is 5.91. The predicted molar refractivity (Wildman–Crippen MR) is 82.1 cm³/mol. The highest BCUT2D eigenvalue weighted by Gasteiger charge is 2.33. The molecule has 1 fully saturated rings. The van der Waals surface area contributed by atoms with Gasteiger partial charge in [-0.2, -0.15) is 0 Å². The molecule has 0 aliphatic heterocycles. The van der Waals surface area contributed by atoms with Gasteiger partial charge in [0.2, 0.25) is 0 Å². The van der Waals surface area contributed by atoms with Gasteiger partial charge in [0.25, 0.3) is 5.91 Å². The van der Waals surface area contributed by atoms with Crippen molar-refractivity contribution in [2.24, 2.45) is 5.92 Å². The standard InChI is InChI=1S/C15H21BrN2O/c1-10(2)8-9-18(11-6-7-11)15(19)12-4-3-5-13(17)14(12)16/h3-5,10-11H,6-9,17H2,1-2H3. The van der Waals surface area contributed by atoms with E-state index in [0.717, 1.165) is 30.3 Å². The average Bonchev–Trinajstić information content (AvgIpc) is 3.17. The van der Waals surface area contributed by atoms with Crippen molar-refractivity contribution >= 4 is 27.5 Å². The van der Waals surface area contributed by atoms with Gasteiger partial charge in [0.05, 0.1) is 10.0 Å². The second kappa shape index (κ2) is 5.95. The van der Waals surface area contributed by atoms with E-state index in [9.17, 15) is 4.79 Å². The number of anilines is 1. The van der Waals surface area contributed by atoms with Gasteiger partial charge in [0, 0.05) is 18.3 Å². The lowest BCUT2D eigenvalue weighted by molar-refractivity contribution is 0.0734. The maximum Gasteiger partial charge on any atom is 0.255 e. The van der Waals surface area contributed by atoms with E-state index < -0.39 is 0 Å². The van der Waals surface area contributed by atoms with Gasteiger partial charge >= 0.3 is 0 Å². The minimum Gasteiger partial charge on any atom is -0.398 e. The zero-order chi connectivity index (χ0) is 14.0. The molecule has 104 valence electrons. The van der Waals surface area contributed by atoms with Crippen molar-refractivity contribution in [1.82, 2.24) is 4.90 Å². The summed E-state index contributed by atoms with van der Waals surface area (Å²) in [7, 11) is 0. The number of nitrogens with two attached hydrogens (primary N) is 1. The van der Waals surface area contributed by atoms with Crippen molar-refractivity contribution < 1.29 is 4.79 Å². The first-order valence-corrected chi connectivity index (χ1v) is 7.65. The zero-order valence-electron chi connectivity index (χ0n) is 11.5. The van der Waals surface area contributed by atoms with Gasteiger partial charge in [-0.05, 0) is 53.2 Å². The molecular formula is C15H21BrN2O. The number of benzene rings is 1. The lowest BCUT2D eigenvalue weighted by atomic mass is 10.1. The Morgan fingerprint density at radius 1 is 1.47 bits per heavy atom. The topological polar surface area (TPSA) is 46.3 Å². The lowest BCUT2D eigenvalue weighted by Crippen LogP contribution is -2.34. The molecule has 0 unspecified atom stereocenters. The van der Waals surface area contributed by atoms with Crippen LogP contribution in [0.3, 0.4) is 0 Å². The zero-order valence-corrected chi connectivity index (χ0v) is 13.1. The molecule has 3 nitrogen and oxygen atoms in total. The minimum atomic E-state index is 0.0994. The summed E-state index contributed by atoms with van der Waals surface area (Å²) >= 11 is 3.43. The second-order valence-corrected chi connectivity index (χ2v) is 6.41. The Bertz CT molecular complexity index is 469. The molecule has 19 heavy (non-hydrogen) atoms. The number of carbonyl (C=O) groups excluding carboxylic acids is 1. The molecular weight excluding hydrogens is 304 g/mol. The first-order valence-electron chi connectivity index (χ1n) is 6.85. The van der Waals surface area contributed by atoms with Crippen molar-refractivity contribution in [2.75, 3.05) is 12.3 Å². The predicted octanol–water partition coefficient (Wildman–Crippen LogP) is 3.68. The number of hydrogen-bond donors (Lipinski definition) is 1. The first kappa shape index (κ1) is 14.4. The van der Waals surface area contributed by atoms with E-state index in [1.165, 1.54) is 0 Å². The van der Waals surface area contributed by atoms with E-state index in [-0.39, 0.29) is 5.91 Å². The van der Waals surface area contributed by atoms with Gasteiger partial charge < -0.3 is 10.6 Å². The van der Waals surface area contributed by atoms with Gasteiger partial charge in [-0.25, -0.2) is 0 Å². The SMILES string of the molecule is CC(C)CCN(C(=O)c1cccc(N)c1Br)C1CC1. The number of nitrogen functional groups attached to an aromatic ring is 1. The van der Waals surface area contributed by atoms with Gasteiger partial charge in [-0.3, -0.25) is 4.79 Å². The third kappa shape index (κ3) is 3.50. The number of nitrogens with zero attached hydrogens (tertiary/aromatic N) is 1. The largest absolute Gasteiger partial charge is 0.398 e. The van der Waals surface area contributed by atoms with Crippen LogP contribution >= 0.6 is 15.9 Å². The van der Waals surface area contributed by atoms with Crippen molar-refractivity contribution in [3.8, 4) is 0 Å². The van der Waals surface area contributed by atoms with E-state index in [1.807, 2.05) is 17.0 Å². The van der Waals surface area contributed by atoms with Gasteiger partial charge in [0.15, 0.2) is 0 Å². The molecule has 0 saturated heterocycles. The lowest BCUT2D eigenvalue weighted by Gasteiger charge is -2.24. The number of hydrogen-bond acceptors (Lipinski definition) is 2. The minimum absolute atomic E-state index is 0.0994. The summed E-state index contributed by atoms with van der Waals surface area (Å²) < 4.78 is 0.718. The van der Waals surface area contributed by atoms with Crippen molar-refractivity contribution in [2.45, 2.75) is 39.2 Å². The number of amides is 1. The summed E-state index contributed by atoms with van der Waals surface area (Å²) in [5.41, 5.74) is 7.15. The molecule has 1 aromatic rings. The van der Waals surface area contributed by atoms with E-state index >= 15 is 0 Å². The number of carbonyl (C=O) groups is 1. The maximum atomic E-state index is 12.7. The fourth-order valence-electron chi connectivity index (χ4n) is 2.10. The number of rotatable bonds is 5. The smallest absolute Gasteiger partial charge is 0.255 e. The van der Waals surface area contributed by atoms with Crippen LogP contribution in [-0.4, -0.2) is 23.4 Å². The molecule has 0 spiro atoms. The van der Waals surface area contributed by atoms with Crippen LogP contribution in [0.25, 0.3) is 0 Å². The van der Waals surface area contributed by atoms with Crippen LogP contribution in [0.15, 0.2) is 22.7 Å². The van der Waals surface area contributed by atoms with Crippen LogP contribution in [0.1, 0.15) is 43.5 Å². The number of halogens is 1. The molecule has 0 bridgehead atoms. The summed E-state index contributed by atoms with van der Waals surface area (Å²) in [6.45, 7) is 5.21. The molecule has 1 saturated carbocycles. The highest BCUT2D eigenvalue weighted by molar-refractivity contribution is 9.10. The van der Waals surface area contributed by atoms with E-state index in [4.69, 9.17) is 5.73 Å². The van der Waals surface area contributed by atoms with Crippen molar-refractivity contribution in [3.05, 3.63) is 28.2 Å². The average molecular weight is 325 g/mol. The van der Waals surface area contributed by atoms with E-state index in [0.29, 0.717) is 23.2 Å². The second-order valence-electron chi connectivity index (χ2n) is 5.62. The summed E-state index contributed by atoms with van der Waals surface area (Å²) in [4.78, 5) is 14.7. The molecule has 0 aromatic heterocycles. The van der Waals surface area contributed by atoms with Crippen molar-refractivity contribution in [1.29, 1.82) is 0 Å². The van der Waals surface area contributed by atoms with Crippen LogP contribution in [0.2, 0.25) is 0 Å². The molecule has 0 atom stereocenters. The normalized spacial score (nSPS) is 14.7. The Hall–Kier alpha value is -1.03. The Labute approximate surface area is 123 Å². The molecule has 0 radical (unpaired) electrons. The van der Waals surface area contributed by atoms with Gasteiger partial charge in [-0.15, -0.1) is 0 Å². The molecule has 1 aromatic carbocycles. The molecule has 1 amide bonds. The Morgan fingerprint density at radius 2 is 2.16 bits per heavy atom. The van der Waals surface area contributed by atoms with E-state index in [2.05, 4.69) is 29.8 Å². The van der Waals surface area contributed by atoms with Gasteiger partial charge in [-0.1, -0.05) is 19.9 Å². The summed E-state index contributed by atoms with van der Waals surface area (Å²) in [5, 5.41) is 0. The molecule has 0 heterocycles. The van der Waals surface area contributed by atoms with Crippen LogP contribution < -0.4 is 5.73 Å². The summed E-state index contributed by atoms with van der Waals surface area (Å²) in [5.74, 6) is 0.709. The van der Waals surface area contributed by atoms with Gasteiger partial charge in [0.1, 0.15) is 0 Å². The van der Waals surface area contributed by atoms with Crippen LogP contribution in [0.5, 0.6) is 0 Å². The first-order chi connectivity index (χ1) is 9.00. The highest BCUT2D eigenvalue weighted by Crippen LogP contribution is 2.31. The third-order valence-electron chi connectivity index (χ3n) is 3.45. The Balaban J connectivity index is 2.17. The molecule has 4 heteroatoms. The van der Waals surface area contributed by atoms with Crippen LogP contribution in [0.4, 0.5) is 5.69 Å². The Kier molecular flexibility index (Phi) is 4.50. The van der Waals surface area contributed by atoms with Crippen LogP contribution in [-0.2, 0) is 0 Å². The highest BCUT2D eigenvalue weighted by atomic mass is 79.9. The summed E-state index contributed by atoms with van der Waals surface area (Å²) in [6.07, 6.45) is 3.30. The molecule has 2 N–H and O–H groups in total. The fraction of sp³-hybridized carbons (Fsp3) is 0.533. The molecule has 1 aliphatic rings.